The molecule has 0 saturated carbocycles. The van der Waals surface area contributed by atoms with Crippen LogP contribution in [0.2, 0.25) is 0 Å². The Bertz CT molecular complexity index is 847. The number of hydrogen-bond donors (Lipinski definition) is 2. The zero-order valence-electron chi connectivity index (χ0n) is 14.1. The van der Waals surface area contributed by atoms with Crippen LogP contribution in [0.3, 0.4) is 0 Å². The lowest BCUT2D eigenvalue weighted by atomic mass is 10.1. The Morgan fingerprint density at radius 2 is 1.88 bits per heavy atom. The van der Waals surface area contributed by atoms with Gasteiger partial charge in [0.2, 0.25) is 5.91 Å². The van der Waals surface area contributed by atoms with Crippen LogP contribution in [0, 0.1) is 0 Å². The van der Waals surface area contributed by atoms with Gasteiger partial charge in [0, 0.05) is 5.69 Å². The molecule has 1 heterocycles. The van der Waals surface area contributed by atoms with Crippen LogP contribution in [0.15, 0.2) is 48.5 Å². The molecule has 0 bridgehead atoms. The highest BCUT2D eigenvalue weighted by Crippen LogP contribution is 2.32. The lowest BCUT2D eigenvalue weighted by Crippen LogP contribution is -2.35. The van der Waals surface area contributed by atoms with E-state index in [4.69, 9.17) is 9.84 Å². The number of imide groups is 1. The molecular formula is C19H18N2O5. The SMILES string of the molecule is COc1ccccc1N1C(=O)C[C@@H](Nc2ccc(CC(=O)O)cc2)C1=O. The fourth-order valence-electron chi connectivity index (χ4n) is 2.91. The molecule has 134 valence electrons. The van der Waals surface area contributed by atoms with E-state index >= 15 is 0 Å². The standard InChI is InChI=1S/C19H18N2O5/c1-26-16-5-3-2-4-15(16)21-17(22)11-14(19(21)25)20-13-8-6-12(7-9-13)10-18(23)24/h2-9,14,20H,10-11H2,1H3,(H,23,24)/t14-/m1/s1. The molecule has 2 amide bonds. The fourth-order valence-corrected chi connectivity index (χ4v) is 2.91. The summed E-state index contributed by atoms with van der Waals surface area (Å²) in [4.78, 5) is 36.9. The molecule has 7 heteroatoms. The number of amides is 2. The molecule has 3 rings (SSSR count). The number of carboxylic acid groups (broad SMARTS) is 1. The second-order valence-electron chi connectivity index (χ2n) is 5.91. The molecule has 1 aliphatic rings. The van der Waals surface area contributed by atoms with E-state index in [2.05, 4.69) is 5.32 Å². The molecule has 7 nitrogen and oxygen atoms in total. The minimum Gasteiger partial charge on any atom is -0.495 e. The molecule has 26 heavy (non-hydrogen) atoms. The van der Waals surface area contributed by atoms with Gasteiger partial charge in [0.25, 0.3) is 5.91 Å². The minimum absolute atomic E-state index is 0.0355. The number of methoxy groups -OCH3 is 1. The van der Waals surface area contributed by atoms with Gasteiger partial charge in [-0.25, -0.2) is 4.90 Å². The number of nitrogens with zero attached hydrogens (tertiary/aromatic N) is 1. The van der Waals surface area contributed by atoms with Gasteiger partial charge in [-0.1, -0.05) is 24.3 Å². The highest BCUT2D eigenvalue weighted by Gasteiger charge is 2.40. The molecule has 1 fully saturated rings. The van der Waals surface area contributed by atoms with E-state index in [-0.39, 0.29) is 24.7 Å². The molecule has 1 aliphatic heterocycles. The van der Waals surface area contributed by atoms with Gasteiger partial charge >= 0.3 is 5.97 Å². The van der Waals surface area contributed by atoms with Crippen molar-refractivity contribution < 1.29 is 24.2 Å². The number of carboxylic acids is 1. The van der Waals surface area contributed by atoms with E-state index in [9.17, 15) is 14.4 Å². The predicted molar refractivity (Wildman–Crippen MR) is 95.3 cm³/mol. The summed E-state index contributed by atoms with van der Waals surface area (Å²) in [5.74, 6) is -1.11. The van der Waals surface area contributed by atoms with Gasteiger partial charge in [-0.3, -0.25) is 14.4 Å². The first-order valence-corrected chi connectivity index (χ1v) is 8.06. The van der Waals surface area contributed by atoms with Gasteiger partial charge in [-0.05, 0) is 29.8 Å². The molecule has 0 aromatic heterocycles. The number of nitrogens with one attached hydrogen (secondary N) is 1. The van der Waals surface area contributed by atoms with Crippen molar-refractivity contribution in [2.24, 2.45) is 0 Å². The number of ether oxygens (including phenoxy) is 1. The van der Waals surface area contributed by atoms with Crippen molar-refractivity contribution in [1.29, 1.82) is 0 Å². The van der Waals surface area contributed by atoms with Gasteiger partial charge in [-0.15, -0.1) is 0 Å². The summed E-state index contributed by atoms with van der Waals surface area (Å²) in [7, 11) is 1.48. The number of aliphatic carboxylic acids is 1. The first-order chi connectivity index (χ1) is 12.5. The lowest BCUT2D eigenvalue weighted by molar-refractivity contribution is -0.136. The normalized spacial score (nSPS) is 16.7. The topological polar surface area (TPSA) is 95.9 Å². The molecular weight excluding hydrogens is 336 g/mol. The van der Waals surface area contributed by atoms with Crippen molar-refractivity contribution in [2.75, 3.05) is 17.3 Å². The summed E-state index contributed by atoms with van der Waals surface area (Å²) in [5, 5.41) is 11.8. The first-order valence-electron chi connectivity index (χ1n) is 8.06. The van der Waals surface area contributed by atoms with E-state index in [1.165, 1.54) is 7.11 Å². The van der Waals surface area contributed by atoms with Crippen LogP contribution in [0.1, 0.15) is 12.0 Å². The summed E-state index contributed by atoms with van der Waals surface area (Å²) >= 11 is 0. The van der Waals surface area contributed by atoms with E-state index in [1.807, 2.05) is 0 Å². The van der Waals surface area contributed by atoms with Gasteiger partial charge in [0.05, 0.1) is 25.6 Å². The number of rotatable bonds is 6. The maximum absolute atomic E-state index is 12.7. The summed E-state index contributed by atoms with van der Waals surface area (Å²) < 4.78 is 5.24. The van der Waals surface area contributed by atoms with Crippen LogP contribution in [-0.4, -0.2) is 36.0 Å². The average molecular weight is 354 g/mol. The van der Waals surface area contributed by atoms with Gasteiger partial charge in [-0.2, -0.15) is 0 Å². The Morgan fingerprint density at radius 3 is 2.54 bits per heavy atom. The number of benzene rings is 2. The third kappa shape index (κ3) is 3.51. The molecule has 0 aliphatic carbocycles. The number of carbonyl (C=O) groups excluding carboxylic acids is 2. The quantitative estimate of drug-likeness (QED) is 0.771. The Morgan fingerprint density at radius 1 is 1.19 bits per heavy atom. The van der Waals surface area contributed by atoms with Crippen molar-refractivity contribution >= 4 is 29.2 Å². The first kappa shape index (κ1) is 17.5. The summed E-state index contributed by atoms with van der Waals surface area (Å²) in [6.45, 7) is 0. The molecule has 0 unspecified atom stereocenters. The Labute approximate surface area is 150 Å². The van der Waals surface area contributed by atoms with Gasteiger partial charge in [0.15, 0.2) is 0 Å². The second-order valence-corrected chi connectivity index (χ2v) is 5.91. The number of para-hydroxylation sites is 2. The number of hydrogen-bond acceptors (Lipinski definition) is 5. The summed E-state index contributed by atoms with van der Waals surface area (Å²) in [6, 6.07) is 12.9. The van der Waals surface area contributed by atoms with Crippen molar-refractivity contribution in [1.82, 2.24) is 0 Å². The maximum atomic E-state index is 12.7. The maximum Gasteiger partial charge on any atom is 0.307 e. The van der Waals surface area contributed by atoms with Crippen LogP contribution in [0.5, 0.6) is 5.75 Å². The Kier molecular flexibility index (Phi) is 4.88. The Hall–Kier alpha value is -3.35. The second kappa shape index (κ2) is 7.26. The van der Waals surface area contributed by atoms with Crippen LogP contribution >= 0.6 is 0 Å². The van der Waals surface area contributed by atoms with Crippen LogP contribution in [-0.2, 0) is 20.8 Å². The fraction of sp³-hybridized carbons (Fsp3) is 0.211. The molecule has 2 N–H and O–H groups in total. The predicted octanol–water partition coefficient (Wildman–Crippen LogP) is 2.07. The van der Waals surface area contributed by atoms with Crippen molar-refractivity contribution in [3.63, 3.8) is 0 Å². The molecule has 1 atom stereocenters. The molecule has 2 aromatic rings. The van der Waals surface area contributed by atoms with Crippen LogP contribution in [0.4, 0.5) is 11.4 Å². The van der Waals surface area contributed by atoms with Crippen molar-refractivity contribution in [3.8, 4) is 5.75 Å². The summed E-state index contributed by atoms with van der Waals surface area (Å²) in [6.07, 6.45) is -0.0313. The van der Waals surface area contributed by atoms with Gasteiger partial charge in [0.1, 0.15) is 11.8 Å². The van der Waals surface area contributed by atoms with Gasteiger partial charge < -0.3 is 15.2 Å². The van der Waals surface area contributed by atoms with Crippen LogP contribution in [0.25, 0.3) is 0 Å². The zero-order valence-corrected chi connectivity index (χ0v) is 14.1. The van der Waals surface area contributed by atoms with Crippen molar-refractivity contribution in [3.05, 3.63) is 54.1 Å². The lowest BCUT2D eigenvalue weighted by Gasteiger charge is -2.18. The number of anilines is 2. The number of carbonyl (C=O) groups is 3. The largest absolute Gasteiger partial charge is 0.495 e. The zero-order chi connectivity index (χ0) is 18.7. The van der Waals surface area contributed by atoms with E-state index in [1.54, 1.807) is 48.5 Å². The smallest absolute Gasteiger partial charge is 0.307 e. The Balaban J connectivity index is 1.76. The van der Waals surface area contributed by atoms with E-state index < -0.39 is 12.0 Å². The highest BCUT2D eigenvalue weighted by atomic mass is 16.5. The molecule has 2 aromatic carbocycles. The molecule has 0 spiro atoms. The van der Waals surface area contributed by atoms with Crippen LogP contribution < -0.4 is 15.0 Å². The third-order valence-electron chi connectivity index (χ3n) is 4.12. The molecule has 1 saturated heterocycles. The average Bonchev–Trinajstić information content (AvgIpc) is 2.89. The van der Waals surface area contributed by atoms with Crippen molar-refractivity contribution in [2.45, 2.75) is 18.9 Å². The monoisotopic (exact) mass is 354 g/mol. The van der Waals surface area contributed by atoms with E-state index in [0.29, 0.717) is 22.7 Å². The highest BCUT2D eigenvalue weighted by molar-refractivity contribution is 6.23. The third-order valence-corrected chi connectivity index (χ3v) is 4.12. The minimum atomic E-state index is -0.908. The summed E-state index contributed by atoms with van der Waals surface area (Å²) in [5.41, 5.74) is 1.73. The molecule has 0 radical (unpaired) electrons. The van der Waals surface area contributed by atoms with E-state index in [0.717, 1.165) is 4.90 Å².